The van der Waals surface area contributed by atoms with Gasteiger partial charge in [0.25, 0.3) is 0 Å². The SMILES string of the molecule is CCOC(=O)CC1(CC(=O)OCC)c2nc3c1c(-c1ccccc1)c1cc(C(C)(C)C)ccc1c3c1ccc([n-]1)c(-c1ccc(C(C)(C)C)cc1)c1nc(c(-c3ccc(C(C)(C)C)cc3)c3ccc([n-]3)c2-c2ccc(C(C)(C)C)cc2)C=C1.[Ni+2]. The summed E-state index contributed by atoms with van der Waals surface area (Å²) in [5, 5.41) is 2.66. The van der Waals surface area contributed by atoms with E-state index in [1.807, 2.05) is 32.0 Å². The summed E-state index contributed by atoms with van der Waals surface area (Å²) in [5.41, 5.74) is 15.7. The van der Waals surface area contributed by atoms with Crippen molar-refractivity contribution in [2.45, 2.75) is 137 Å². The standard InChI is InChI=1S/C75H76N4O4.Ni/c1-15-82-61(80)43-75(44-62(81)83-16-2)68-63(45-20-18-17-19-21-45)54-42-52(74(12,13)14)34-35-53(54)67-60-41-39-58(78-60)65(47-24-30-50(31-25-47)72(6,7)8)56-37-36-55(76-56)64(46-22-28-49(29-23-46)71(3,4)5)57-38-40-59(77-57)66(70(75)79-69(67)68)48-26-32-51(33-27-48)73(9,10)11;/h17-42H,15-16,43-44H2,1-14H3;/q-2;+2. The molecular weight excluding hydrogens is 1080 g/mol. The van der Waals surface area contributed by atoms with E-state index in [2.05, 4.69) is 223 Å². The molecule has 9 heteroatoms. The zero-order chi connectivity index (χ0) is 59.0. The Morgan fingerprint density at radius 2 is 0.833 bits per heavy atom. The Balaban J connectivity index is 0.00000786. The van der Waals surface area contributed by atoms with Crippen LogP contribution in [-0.2, 0) is 62.6 Å². The second-order valence-corrected chi connectivity index (χ2v) is 26.6. The Bertz CT molecular complexity index is 4200. The largest absolute Gasteiger partial charge is 2.00 e. The molecule has 2 aliphatic heterocycles. The van der Waals surface area contributed by atoms with Crippen molar-refractivity contribution in [2.75, 3.05) is 13.2 Å². The van der Waals surface area contributed by atoms with Crippen molar-refractivity contribution in [1.29, 1.82) is 0 Å². The van der Waals surface area contributed by atoms with Crippen molar-refractivity contribution in [1.82, 2.24) is 19.9 Å². The molecule has 0 N–H and O–H groups in total. The molecule has 0 atom stereocenters. The van der Waals surface area contributed by atoms with Crippen LogP contribution in [0.25, 0.3) is 100 Å². The van der Waals surface area contributed by atoms with Crippen LogP contribution in [0.15, 0.2) is 146 Å². The Morgan fingerprint density at radius 1 is 0.440 bits per heavy atom. The molecule has 0 unspecified atom stereocenters. The van der Waals surface area contributed by atoms with E-state index in [0.717, 1.165) is 88.7 Å². The molecule has 0 aliphatic carbocycles. The Kier molecular flexibility index (Phi) is 15.7. The van der Waals surface area contributed by atoms with E-state index in [4.69, 9.17) is 29.4 Å². The number of rotatable bonds is 10. The molecule has 0 amide bonds. The molecule has 0 saturated heterocycles. The molecular formula is C75H76N4NiO4. The first-order valence-corrected chi connectivity index (χ1v) is 29.4. The fourth-order valence-electron chi connectivity index (χ4n) is 12.2. The van der Waals surface area contributed by atoms with Gasteiger partial charge in [0.1, 0.15) is 0 Å². The van der Waals surface area contributed by atoms with Crippen molar-refractivity contribution < 1.29 is 35.6 Å². The number of ether oxygens (including phenoxy) is 2. The van der Waals surface area contributed by atoms with Gasteiger partial charge in [-0.25, -0.2) is 4.98 Å². The van der Waals surface area contributed by atoms with Crippen LogP contribution in [0.1, 0.15) is 155 Å². The van der Waals surface area contributed by atoms with Crippen molar-refractivity contribution >= 4 is 67.8 Å². The van der Waals surface area contributed by atoms with Crippen LogP contribution in [0, 0.1) is 0 Å². The number of benzene rings is 6. The van der Waals surface area contributed by atoms with Crippen LogP contribution < -0.4 is 9.97 Å². The van der Waals surface area contributed by atoms with Gasteiger partial charge in [0.05, 0.1) is 54.1 Å². The van der Waals surface area contributed by atoms with Gasteiger partial charge in [-0.3, -0.25) is 14.6 Å². The van der Waals surface area contributed by atoms with Crippen LogP contribution in [0.4, 0.5) is 0 Å². The predicted molar refractivity (Wildman–Crippen MR) is 343 cm³/mol. The zero-order valence-corrected chi connectivity index (χ0v) is 52.1. The van der Waals surface area contributed by atoms with Crippen molar-refractivity contribution in [3.05, 3.63) is 190 Å². The zero-order valence-electron chi connectivity index (χ0n) is 51.1. The number of nitrogens with zero attached hydrogens (tertiary/aromatic N) is 4. The second-order valence-electron chi connectivity index (χ2n) is 26.6. The van der Waals surface area contributed by atoms with Crippen molar-refractivity contribution in [2.24, 2.45) is 0 Å². The molecule has 2 aliphatic rings. The number of carbonyl (C=O) groups is 2. The third kappa shape index (κ3) is 11.0. The monoisotopic (exact) mass is 1150 g/mol. The number of aromatic nitrogens is 4. The van der Waals surface area contributed by atoms with Crippen LogP contribution in [0.2, 0.25) is 0 Å². The molecule has 0 fully saturated rings. The minimum Gasteiger partial charge on any atom is -0.657 e. The fourth-order valence-corrected chi connectivity index (χ4v) is 12.2. The van der Waals surface area contributed by atoms with Gasteiger partial charge in [0.2, 0.25) is 0 Å². The summed E-state index contributed by atoms with van der Waals surface area (Å²) in [7, 11) is 0. The van der Waals surface area contributed by atoms with E-state index in [1.54, 1.807) is 0 Å². The molecule has 0 radical (unpaired) electrons. The molecule has 8 bridgehead atoms. The maximum atomic E-state index is 15.1. The van der Waals surface area contributed by atoms with Gasteiger partial charge in [-0.05, 0) is 137 Å². The number of hydrogen-bond acceptors (Lipinski definition) is 6. The maximum Gasteiger partial charge on any atom is 2.00 e. The minimum absolute atomic E-state index is 0. The number of carbonyl (C=O) groups excluding carboxylic acids is 2. The van der Waals surface area contributed by atoms with Crippen molar-refractivity contribution in [3.63, 3.8) is 0 Å². The average Bonchev–Trinajstić information content (AvgIpc) is 2.64. The minimum atomic E-state index is -1.50. The Labute approximate surface area is 505 Å². The maximum absolute atomic E-state index is 15.1. The van der Waals surface area contributed by atoms with Gasteiger partial charge in [-0.2, -0.15) is 0 Å². The summed E-state index contributed by atoms with van der Waals surface area (Å²) >= 11 is 0. The predicted octanol–water partition coefficient (Wildman–Crippen LogP) is 18.1. The topological polar surface area (TPSA) is 107 Å². The number of fused-ring (bicyclic) bond motifs is 10. The summed E-state index contributed by atoms with van der Waals surface area (Å²) < 4.78 is 12.1. The Morgan fingerprint density at radius 3 is 1.27 bits per heavy atom. The van der Waals surface area contributed by atoms with E-state index < -0.39 is 17.4 Å². The van der Waals surface area contributed by atoms with Gasteiger partial charge < -0.3 is 19.4 Å². The molecule has 6 aromatic carbocycles. The van der Waals surface area contributed by atoms with E-state index in [9.17, 15) is 0 Å². The molecule has 430 valence electrons. The van der Waals surface area contributed by atoms with Gasteiger partial charge in [-0.15, -0.1) is 22.1 Å². The fraction of sp³-hybridized carbons (Fsp3) is 0.307. The molecule has 9 aromatic rings. The quantitative estimate of drug-likeness (QED) is 0.0985. The summed E-state index contributed by atoms with van der Waals surface area (Å²) in [6.07, 6.45) is 3.75. The van der Waals surface area contributed by atoms with E-state index in [1.165, 1.54) is 11.1 Å². The summed E-state index contributed by atoms with van der Waals surface area (Å²) in [6.45, 7) is 30.6. The molecule has 84 heavy (non-hydrogen) atoms. The van der Waals surface area contributed by atoms with E-state index >= 15 is 9.59 Å². The molecule has 0 saturated carbocycles. The number of hydrogen-bond donors (Lipinski definition) is 0. The third-order valence-electron chi connectivity index (χ3n) is 16.7. The first-order chi connectivity index (χ1) is 39.4. The van der Waals surface area contributed by atoms with Gasteiger partial charge in [0.15, 0.2) is 0 Å². The first-order valence-electron chi connectivity index (χ1n) is 29.4. The molecule has 3 aromatic heterocycles. The van der Waals surface area contributed by atoms with Crippen LogP contribution in [0.5, 0.6) is 0 Å². The summed E-state index contributed by atoms with van der Waals surface area (Å²) in [5.74, 6) is -0.938. The normalized spacial score (nSPS) is 13.4. The number of esters is 2. The summed E-state index contributed by atoms with van der Waals surface area (Å²) in [4.78, 5) is 53.2. The summed E-state index contributed by atoms with van der Waals surface area (Å²) in [6, 6.07) is 51.5. The first kappa shape index (κ1) is 59.3. The molecule has 5 heterocycles. The van der Waals surface area contributed by atoms with Gasteiger partial charge in [0, 0.05) is 5.56 Å². The van der Waals surface area contributed by atoms with Crippen molar-refractivity contribution in [3.8, 4) is 44.5 Å². The van der Waals surface area contributed by atoms with Gasteiger partial charge >= 0.3 is 28.4 Å². The van der Waals surface area contributed by atoms with Crippen LogP contribution in [-0.4, -0.2) is 35.1 Å². The molecule has 8 nitrogen and oxygen atoms in total. The molecule has 11 rings (SSSR count). The second kappa shape index (κ2) is 22.3. The van der Waals surface area contributed by atoms with Crippen LogP contribution in [0.3, 0.4) is 0 Å². The third-order valence-corrected chi connectivity index (χ3v) is 16.7. The van der Waals surface area contributed by atoms with E-state index in [0.29, 0.717) is 33.3 Å². The van der Waals surface area contributed by atoms with Crippen LogP contribution >= 0.6 is 0 Å². The van der Waals surface area contributed by atoms with E-state index in [-0.39, 0.29) is 64.2 Å². The molecule has 0 spiro atoms. The van der Waals surface area contributed by atoms with Gasteiger partial charge in [-0.1, -0.05) is 223 Å². The Hall–Kier alpha value is -7.87. The smallest absolute Gasteiger partial charge is 0.657 e. The average molecular weight is 1160 g/mol.